The first-order valence-corrected chi connectivity index (χ1v) is 11.3. The highest BCUT2D eigenvalue weighted by Crippen LogP contribution is 2.26. The molecule has 0 N–H and O–H groups in total. The normalized spacial score (nSPS) is 15.6. The van der Waals surface area contributed by atoms with E-state index in [9.17, 15) is 9.59 Å². The molecule has 168 valence electrons. The first-order chi connectivity index (χ1) is 15.6. The Morgan fingerprint density at radius 3 is 2.47 bits per heavy atom. The van der Waals surface area contributed by atoms with Gasteiger partial charge in [0.2, 0.25) is 5.91 Å². The molecule has 6 heteroatoms. The van der Waals surface area contributed by atoms with Crippen LogP contribution in [0.1, 0.15) is 37.3 Å². The molecule has 0 spiro atoms. The molecule has 0 radical (unpaired) electrons. The monoisotopic (exact) mass is 434 g/mol. The maximum absolute atomic E-state index is 13.2. The number of benzene rings is 2. The summed E-state index contributed by atoms with van der Waals surface area (Å²) in [4.78, 5) is 29.5. The lowest BCUT2D eigenvalue weighted by Gasteiger charge is -2.36. The molecule has 0 saturated carbocycles. The van der Waals surface area contributed by atoms with Crippen LogP contribution in [0.2, 0.25) is 0 Å². The predicted molar refractivity (Wildman–Crippen MR) is 125 cm³/mol. The molecule has 1 fully saturated rings. The Labute approximate surface area is 188 Å². The Morgan fingerprint density at radius 1 is 1.03 bits per heavy atom. The number of carbonyl (C=O) groups is 1. The van der Waals surface area contributed by atoms with E-state index in [0.29, 0.717) is 31.8 Å². The Kier molecular flexibility index (Phi) is 6.90. The lowest BCUT2D eigenvalue weighted by Crippen LogP contribution is -2.49. The van der Waals surface area contributed by atoms with Gasteiger partial charge in [-0.3, -0.25) is 9.69 Å². The number of rotatable bonds is 7. The van der Waals surface area contributed by atoms with Gasteiger partial charge < -0.3 is 14.1 Å². The highest BCUT2D eigenvalue weighted by atomic mass is 16.5. The van der Waals surface area contributed by atoms with Crippen molar-refractivity contribution in [2.75, 3.05) is 32.8 Å². The van der Waals surface area contributed by atoms with Crippen LogP contribution in [0.5, 0.6) is 5.75 Å². The number of nitrogens with zero attached hydrogens (tertiary/aromatic N) is 2. The van der Waals surface area contributed by atoms with Crippen molar-refractivity contribution >= 4 is 16.9 Å². The van der Waals surface area contributed by atoms with Crippen molar-refractivity contribution in [2.45, 2.75) is 32.7 Å². The quantitative estimate of drug-likeness (QED) is 0.526. The van der Waals surface area contributed by atoms with Crippen LogP contribution in [0.3, 0.4) is 0 Å². The summed E-state index contributed by atoms with van der Waals surface area (Å²) in [6.07, 6.45) is 0.789. The molecule has 0 aliphatic carbocycles. The van der Waals surface area contributed by atoms with E-state index in [4.69, 9.17) is 9.15 Å². The van der Waals surface area contributed by atoms with Gasteiger partial charge in [0.05, 0.1) is 12.5 Å². The summed E-state index contributed by atoms with van der Waals surface area (Å²) in [5.74, 6) is 0.866. The van der Waals surface area contributed by atoms with Gasteiger partial charge in [-0.1, -0.05) is 37.3 Å². The van der Waals surface area contributed by atoms with Gasteiger partial charge in [-0.15, -0.1) is 0 Å². The molecule has 3 aromatic rings. The lowest BCUT2D eigenvalue weighted by molar-refractivity contribution is -0.134. The van der Waals surface area contributed by atoms with Crippen LogP contribution in [0.25, 0.3) is 11.0 Å². The largest absolute Gasteiger partial charge is 0.494 e. The molecule has 32 heavy (non-hydrogen) atoms. The summed E-state index contributed by atoms with van der Waals surface area (Å²) in [5, 5.41) is 0.893. The average Bonchev–Trinajstić information content (AvgIpc) is 2.81. The summed E-state index contributed by atoms with van der Waals surface area (Å²) in [7, 11) is 0. The van der Waals surface area contributed by atoms with Gasteiger partial charge in [0.15, 0.2) is 0 Å². The summed E-state index contributed by atoms with van der Waals surface area (Å²) in [6, 6.07) is 17.1. The van der Waals surface area contributed by atoms with E-state index in [0.717, 1.165) is 41.8 Å². The minimum atomic E-state index is -0.348. The zero-order valence-electron chi connectivity index (χ0n) is 18.8. The second-order valence-corrected chi connectivity index (χ2v) is 8.15. The van der Waals surface area contributed by atoms with E-state index >= 15 is 0 Å². The van der Waals surface area contributed by atoms with E-state index in [-0.39, 0.29) is 17.5 Å². The standard InChI is InChI=1S/C26H30N2O4/c1-3-22(19-8-6-5-7-9-19)26(30)28-14-12-27(13-15-28)18-20-16-25(29)32-24-11-10-21(31-4-2)17-23(20)24/h5-11,16-17,22H,3-4,12-15,18H2,1-2H3/t22-/m0/s1. The molecule has 2 heterocycles. The number of piperazine rings is 1. The van der Waals surface area contributed by atoms with Crippen molar-refractivity contribution < 1.29 is 13.9 Å². The van der Waals surface area contributed by atoms with Gasteiger partial charge in [0.1, 0.15) is 11.3 Å². The number of amides is 1. The molecule has 4 rings (SSSR count). The minimum Gasteiger partial charge on any atom is -0.494 e. The molecule has 1 aliphatic rings. The number of fused-ring (bicyclic) bond motifs is 1. The molecule has 6 nitrogen and oxygen atoms in total. The lowest BCUT2D eigenvalue weighted by atomic mass is 9.95. The zero-order chi connectivity index (χ0) is 22.5. The number of ether oxygens (including phenoxy) is 1. The molecular formula is C26H30N2O4. The molecule has 2 aromatic carbocycles. The van der Waals surface area contributed by atoms with Crippen LogP contribution < -0.4 is 10.4 Å². The zero-order valence-corrected chi connectivity index (χ0v) is 18.8. The smallest absolute Gasteiger partial charge is 0.336 e. The molecule has 1 atom stereocenters. The Hall–Kier alpha value is -3.12. The predicted octanol–water partition coefficient (Wildman–Crippen LogP) is 4.03. The fourth-order valence-electron chi connectivity index (χ4n) is 4.42. The number of hydrogen-bond acceptors (Lipinski definition) is 5. The molecular weight excluding hydrogens is 404 g/mol. The van der Waals surface area contributed by atoms with Crippen LogP contribution >= 0.6 is 0 Å². The average molecular weight is 435 g/mol. The van der Waals surface area contributed by atoms with Gasteiger partial charge in [-0.2, -0.15) is 0 Å². The third-order valence-electron chi connectivity index (χ3n) is 6.10. The van der Waals surface area contributed by atoms with E-state index in [2.05, 4.69) is 11.8 Å². The fourth-order valence-corrected chi connectivity index (χ4v) is 4.42. The van der Waals surface area contributed by atoms with Gasteiger partial charge in [0.25, 0.3) is 0 Å². The van der Waals surface area contributed by atoms with E-state index in [1.807, 2.05) is 54.3 Å². The first kappa shape index (κ1) is 22.1. The van der Waals surface area contributed by atoms with Gasteiger partial charge >= 0.3 is 5.63 Å². The highest BCUT2D eigenvalue weighted by molar-refractivity contribution is 5.84. The van der Waals surface area contributed by atoms with E-state index in [1.165, 1.54) is 0 Å². The minimum absolute atomic E-state index is 0.0950. The molecule has 1 aromatic heterocycles. The molecule has 0 unspecified atom stereocenters. The van der Waals surface area contributed by atoms with Crippen LogP contribution in [0.4, 0.5) is 0 Å². The van der Waals surface area contributed by atoms with Crippen LogP contribution in [0.15, 0.2) is 63.8 Å². The van der Waals surface area contributed by atoms with Crippen molar-refractivity contribution in [3.05, 3.63) is 76.1 Å². The Balaban J connectivity index is 1.45. The molecule has 0 bridgehead atoms. The van der Waals surface area contributed by atoms with Gasteiger partial charge in [-0.25, -0.2) is 4.79 Å². The second kappa shape index (κ2) is 10.0. The van der Waals surface area contributed by atoms with E-state index in [1.54, 1.807) is 12.1 Å². The third kappa shape index (κ3) is 4.86. The van der Waals surface area contributed by atoms with Crippen LogP contribution in [-0.2, 0) is 11.3 Å². The van der Waals surface area contributed by atoms with Crippen LogP contribution in [-0.4, -0.2) is 48.5 Å². The summed E-state index contributed by atoms with van der Waals surface area (Å²) >= 11 is 0. The molecule has 1 aliphatic heterocycles. The van der Waals surface area contributed by atoms with Crippen molar-refractivity contribution in [3.63, 3.8) is 0 Å². The summed E-state index contributed by atoms with van der Waals surface area (Å²) in [6.45, 7) is 8.13. The highest BCUT2D eigenvalue weighted by Gasteiger charge is 2.27. The summed E-state index contributed by atoms with van der Waals surface area (Å²) in [5.41, 5.74) is 2.22. The van der Waals surface area contributed by atoms with Gasteiger partial charge in [0, 0.05) is 44.2 Å². The number of carbonyl (C=O) groups excluding carboxylic acids is 1. The van der Waals surface area contributed by atoms with E-state index < -0.39 is 0 Å². The maximum Gasteiger partial charge on any atom is 0.336 e. The number of hydrogen-bond donors (Lipinski definition) is 0. The Bertz CT molecular complexity index is 1120. The molecule has 1 amide bonds. The second-order valence-electron chi connectivity index (χ2n) is 8.15. The fraction of sp³-hybridized carbons (Fsp3) is 0.385. The van der Waals surface area contributed by atoms with Crippen molar-refractivity contribution in [1.29, 1.82) is 0 Å². The SMILES string of the molecule is CCOc1ccc2oc(=O)cc(CN3CCN(C(=O)[C@@H](CC)c4ccccc4)CC3)c2c1. The maximum atomic E-state index is 13.2. The summed E-state index contributed by atoms with van der Waals surface area (Å²) < 4.78 is 11.0. The molecule has 1 saturated heterocycles. The Morgan fingerprint density at radius 2 is 1.78 bits per heavy atom. The first-order valence-electron chi connectivity index (χ1n) is 11.3. The topological polar surface area (TPSA) is 63.0 Å². The van der Waals surface area contributed by atoms with Crippen molar-refractivity contribution in [3.8, 4) is 5.75 Å². The van der Waals surface area contributed by atoms with Crippen molar-refractivity contribution in [2.24, 2.45) is 0 Å². The van der Waals surface area contributed by atoms with Crippen LogP contribution in [0, 0.1) is 0 Å². The van der Waals surface area contributed by atoms with Crippen molar-refractivity contribution in [1.82, 2.24) is 9.80 Å². The third-order valence-corrected chi connectivity index (χ3v) is 6.10. The van der Waals surface area contributed by atoms with Gasteiger partial charge in [-0.05, 0) is 42.7 Å².